The van der Waals surface area contributed by atoms with E-state index in [1.807, 2.05) is 97.8 Å². The van der Waals surface area contributed by atoms with Crippen LogP contribution < -0.4 is 10.1 Å². The number of allylic oxidation sites excluding steroid dienone is 1. The van der Waals surface area contributed by atoms with Crippen LogP contribution in [0.5, 0.6) is 11.5 Å². The third-order valence-electron chi connectivity index (χ3n) is 6.30. The number of carbonyl (C=O) groups excluding carboxylic acids is 2. The van der Waals surface area contributed by atoms with E-state index in [9.17, 15) is 9.59 Å². The van der Waals surface area contributed by atoms with E-state index in [1.54, 1.807) is 12.4 Å². The van der Waals surface area contributed by atoms with Gasteiger partial charge in [0.05, 0.1) is 29.8 Å². The van der Waals surface area contributed by atoms with E-state index in [0.717, 1.165) is 16.8 Å². The fourth-order valence-electron chi connectivity index (χ4n) is 4.52. The molecule has 1 N–H and O–H groups in total. The largest absolute Gasteiger partial charge is 0.459 e. The van der Waals surface area contributed by atoms with Crippen LogP contribution in [0.3, 0.4) is 0 Å². The summed E-state index contributed by atoms with van der Waals surface area (Å²) in [6.07, 6.45) is 3.22. The topological polar surface area (TPSA) is 93.1 Å². The summed E-state index contributed by atoms with van der Waals surface area (Å²) in [6.45, 7) is 5.85. The molecular weight excluding hydrogens is 524 g/mol. The van der Waals surface area contributed by atoms with Gasteiger partial charge in [0.15, 0.2) is 5.17 Å². The zero-order chi connectivity index (χ0) is 28.1. The molecule has 40 heavy (non-hydrogen) atoms. The van der Waals surface area contributed by atoms with Crippen LogP contribution in [-0.4, -0.2) is 33.0 Å². The molecule has 204 valence electrons. The average Bonchev–Trinajstić information content (AvgIpc) is 3.33. The maximum Gasteiger partial charge on any atom is 0.338 e. The number of pyridine rings is 1. The molecule has 0 saturated heterocycles. The SMILES string of the molecule is CC1=C(C(=O)OC(C)C)[C@@H](c2cccc(Oc3ccccc3)c2)N2C(CC(=O)NCc3ccncc3)=CSC2=N1. The van der Waals surface area contributed by atoms with Crippen molar-refractivity contribution in [3.05, 3.63) is 113 Å². The number of nitrogens with one attached hydrogen (secondary N) is 1. The normalized spacial score (nSPS) is 16.3. The number of aromatic nitrogens is 1. The number of benzene rings is 2. The molecular formula is C31H30N4O4S. The smallest absolute Gasteiger partial charge is 0.338 e. The maximum atomic E-state index is 13.4. The molecule has 2 aliphatic heterocycles. The highest BCUT2D eigenvalue weighted by molar-refractivity contribution is 8.16. The van der Waals surface area contributed by atoms with Gasteiger partial charge in [-0.05, 0) is 73.7 Å². The number of rotatable bonds is 9. The first-order valence-electron chi connectivity index (χ1n) is 13.0. The van der Waals surface area contributed by atoms with Gasteiger partial charge in [0, 0.05) is 24.6 Å². The number of nitrogens with zero attached hydrogens (tertiary/aromatic N) is 3. The molecule has 3 aromatic rings. The Labute approximate surface area is 237 Å². The summed E-state index contributed by atoms with van der Waals surface area (Å²) < 4.78 is 11.8. The fraction of sp³-hybridized carbons (Fsp3) is 0.226. The Morgan fingerprint density at radius 1 is 1.02 bits per heavy atom. The monoisotopic (exact) mass is 554 g/mol. The third-order valence-corrected chi connectivity index (χ3v) is 7.19. The van der Waals surface area contributed by atoms with Gasteiger partial charge in [-0.2, -0.15) is 0 Å². The van der Waals surface area contributed by atoms with Gasteiger partial charge in [0.25, 0.3) is 0 Å². The summed E-state index contributed by atoms with van der Waals surface area (Å²) in [5.74, 6) is 0.768. The van der Waals surface area contributed by atoms with Crippen LogP contribution in [-0.2, 0) is 20.9 Å². The van der Waals surface area contributed by atoms with Crippen LogP contribution >= 0.6 is 11.8 Å². The van der Waals surface area contributed by atoms with Crippen LogP contribution in [0, 0.1) is 0 Å². The second kappa shape index (κ2) is 12.2. The van der Waals surface area contributed by atoms with Crippen molar-refractivity contribution in [2.75, 3.05) is 0 Å². The molecule has 9 heteroatoms. The Bertz CT molecular complexity index is 1490. The van der Waals surface area contributed by atoms with E-state index in [-0.39, 0.29) is 18.4 Å². The first-order chi connectivity index (χ1) is 19.4. The summed E-state index contributed by atoms with van der Waals surface area (Å²) in [7, 11) is 0. The predicted octanol–water partition coefficient (Wildman–Crippen LogP) is 6.11. The summed E-state index contributed by atoms with van der Waals surface area (Å²) in [6, 6.07) is 20.3. The van der Waals surface area contributed by atoms with Crippen molar-refractivity contribution in [2.24, 2.45) is 4.99 Å². The minimum Gasteiger partial charge on any atom is -0.459 e. The molecule has 0 unspecified atom stereocenters. The van der Waals surface area contributed by atoms with Crippen molar-refractivity contribution >= 4 is 28.8 Å². The van der Waals surface area contributed by atoms with E-state index in [4.69, 9.17) is 14.5 Å². The molecule has 1 amide bonds. The number of aliphatic imine (C=N–C) groups is 1. The van der Waals surface area contributed by atoms with Crippen LogP contribution in [0.15, 0.2) is 106 Å². The van der Waals surface area contributed by atoms with E-state index >= 15 is 0 Å². The second-order valence-electron chi connectivity index (χ2n) is 9.64. The van der Waals surface area contributed by atoms with Crippen molar-refractivity contribution in [1.29, 1.82) is 0 Å². The molecule has 0 spiro atoms. The molecule has 1 atom stereocenters. The molecule has 0 radical (unpaired) electrons. The summed E-state index contributed by atoms with van der Waals surface area (Å²) in [5, 5.41) is 5.60. The quantitative estimate of drug-likeness (QED) is 0.319. The minimum atomic E-state index is -0.549. The van der Waals surface area contributed by atoms with Crippen LogP contribution in [0.25, 0.3) is 0 Å². The van der Waals surface area contributed by atoms with Crippen LogP contribution in [0.1, 0.15) is 44.4 Å². The lowest BCUT2D eigenvalue weighted by Gasteiger charge is -2.36. The zero-order valence-corrected chi connectivity index (χ0v) is 23.4. The zero-order valence-electron chi connectivity index (χ0n) is 22.5. The van der Waals surface area contributed by atoms with Crippen molar-refractivity contribution in [3.8, 4) is 11.5 Å². The molecule has 8 nitrogen and oxygen atoms in total. The van der Waals surface area contributed by atoms with Crippen LogP contribution in [0.4, 0.5) is 0 Å². The summed E-state index contributed by atoms with van der Waals surface area (Å²) in [5.41, 5.74) is 3.54. The average molecular weight is 555 g/mol. The van der Waals surface area contributed by atoms with E-state index < -0.39 is 12.0 Å². The Morgan fingerprint density at radius 2 is 1.77 bits per heavy atom. The first kappa shape index (κ1) is 27.2. The lowest BCUT2D eigenvalue weighted by Crippen LogP contribution is -2.38. The molecule has 0 aliphatic carbocycles. The highest BCUT2D eigenvalue weighted by Gasteiger charge is 2.41. The Hall–Kier alpha value is -4.37. The highest BCUT2D eigenvalue weighted by Crippen LogP contribution is 2.45. The number of amidine groups is 1. The number of ether oxygens (including phenoxy) is 2. The fourth-order valence-corrected chi connectivity index (χ4v) is 5.49. The lowest BCUT2D eigenvalue weighted by atomic mass is 9.93. The maximum absolute atomic E-state index is 13.4. The number of carbonyl (C=O) groups is 2. The first-order valence-corrected chi connectivity index (χ1v) is 13.9. The highest BCUT2D eigenvalue weighted by atomic mass is 32.2. The van der Waals surface area contributed by atoms with Gasteiger partial charge in [-0.3, -0.25) is 9.78 Å². The molecule has 2 aliphatic rings. The Morgan fingerprint density at radius 3 is 2.52 bits per heavy atom. The van der Waals surface area contributed by atoms with Gasteiger partial charge >= 0.3 is 5.97 Å². The molecule has 1 aromatic heterocycles. The van der Waals surface area contributed by atoms with Crippen molar-refractivity contribution in [2.45, 2.75) is 45.9 Å². The number of para-hydroxylation sites is 1. The van der Waals surface area contributed by atoms with Gasteiger partial charge < -0.3 is 19.7 Å². The van der Waals surface area contributed by atoms with Crippen molar-refractivity contribution in [1.82, 2.24) is 15.2 Å². The van der Waals surface area contributed by atoms with Gasteiger partial charge in [-0.25, -0.2) is 9.79 Å². The number of esters is 1. The molecule has 0 bridgehead atoms. The predicted molar refractivity (Wildman–Crippen MR) is 155 cm³/mol. The van der Waals surface area contributed by atoms with E-state index in [1.165, 1.54) is 11.8 Å². The lowest BCUT2D eigenvalue weighted by molar-refractivity contribution is -0.143. The molecule has 3 heterocycles. The van der Waals surface area contributed by atoms with Crippen LogP contribution in [0.2, 0.25) is 0 Å². The van der Waals surface area contributed by atoms with Gasteiger partial charge in [0.1, 0.15) is 11.5 Å². The Balaban J connectivity index is 1.45. The van der Waals surface area contributed by atoms with Crippen molar-refractivity contribution < 1.29 is 19.1 Å². The number of amides is 1. The number of fused-ring (bicyclic) bond motifs is 1. The number of hydrogen-bond donors (Lipinski definition) is 1. The van der Waals surface area contributed by atoms with Gasteiger partial charge in [-0.1, -0.05) is 42.1 Å². The number of thioether (sulfide) groups is 1. The van der Waals surface area contributed by atoms with Crippen molar-refractivity contribution in [3.63, 3.8) is 0 Å². The molecule has 2 aromatic carbocycles. The second-order valence-corrected chi connectivity index (χ2v) is 10.5. The molecule has 5 rings (SSSR count). The molecule has 0 saturated carbocycles. The standard InChI is InChI=1S/C31H30N4O4S/c1-20(2)38-30(37)28-21(3)34-31-35(24(19-40-31)17-27(36)33-18-22-12-14-32-15-13-22)29(28)23-8-7-11-26(16-23)39-25-9-5-4-6-10-25/h4-16,19-20,29H,17-18H2,1-3H3,(H,33,36)/t29-/m1/s1. The number of hydrogen-bond acceptors (Lipinski definition) is 8. The van der Waals surface area contributed by atoms with Gasteiger partial charge in [-0.15, -0.1) is 0 Å². The van der Waals surface area contributed by atoms with Gasteiger partial charge in [0.2, 0.25) is 5.91 Å². The van der Waals surface area contributed by atoms with E-state index in [0.29, 0.717) is 34.5 Å². The Kier molecular flexibility index (Phi) is 8.31. The third kappa shape index (κ3) is 6.26. The minimum absolute atomic E-state index is 0.124. The van der Waals surface area contributed by atoms with E-state index in [2.05, 4.69) is 10.3 Å². The molecule has 0 fully saturated rings. The summed E-state index contributed by atoms with van der Waals surface area (Å²) in [4.78, 5) is 37.2. The summed E-state index contributed by atoms with van der Waals surface area (Å²) >= 11 is 1.44.